The van der Waals surface area contributed by atoms with Gasteiger partial charge >= 0.3 is 0 Å². The first-order chi connectivity index (χ1) is 12.6. The first-order valence-electron chi connectivity index (χ1n) is 8.95. The van der Waals surface area contributed by atoms with Crippen LogP contribution in [0.3, 0.4) is 0 Å². The Bertz CT molecular complexity index is 998. The van der Waals surface area contributed by atoms with Crippen LogP contribution in [0.4, 0.5) is 0 Å². The molecule has 1 amide bonds. The summed E-state index contributed by atoms with van der Waals surface area (Å²) in [6.45, 7) is 2.05. The van der Waals surface area contributed by atoms with Crippen molar-refractivity contribution in [2.24, 2.45) is 0 Å². The van der Waals surface area contributed by atoms with Crippen LogP contribution in [0, 0.1) is 6.92 Å². The van der Waals surface area contributed by atoms with Crippen LogP contribution in [-0.4, -0.2) is 21.5 Å². The maximum Gasteiger partial charge on any atom is 0.263 e. The smallest absolute Gasteiger partial charge is 0.263 e. The van der Waals surface area contributed by atoms with Crippen molar-refractivity contribution in [2.45, 2.75) is 45.2 Å². The van der Waals surface area contributed by atoms with Crippen molar-refractivity contribution in [3.8, 4) is 11.1 Å². The van der Waals surface area contributed by atoms with Crippen molar-refractivity contribution in [1.29, 1.82) is 0 Å². The summed E-state index contributed by atoms with van der Waals surface area (Å²) in [6.07, 6.45) is 5.86. The van der Waals surface area contributed by atoms with Gasteiger partial charge in [0.05, 0.1) is 11.7 Å². The Kier molecular flexibility index (Phi) is 4.59. The van der Waals surface area contributed by atoms with Crippen LogP contribution in [0.1, 0.15) is 31.2 Å². The third-order valence-corrected chi connectivity index (χ3v) is 5.84. The van der Waals surface area contributed by atoms with Crippen molar-refractivity contribution in [3.63, 3.8) is 0 Å². The molecule has 0 bridgehead atoms. The van der Waals surface area contributed by atoms with E-state index in [1.54, 1.807) is 0 Å². The number of nitrogens with one attached hydrogen (secondary N) is 1. The van der Waals surface area contributed by atoms with Gasteiger partial charge in [-0.3, -0.25) is 14.2 Å². The standard InChI is InChI=1S/C20H21N3O2S/c1-13-6-8-14(9-7-13)16-11-26-19-18(16)20(25)23(12-21-19)10-17(24)22-15-4-2-3-5-15/h6-9,11-12,15H,2-5,10H2,1H3,(H,22,24). The van der Waals surface area contributed by atoms with E-state index in [9.17, 15) is 9.59 Å². The second-order valence-corrected chi connectivity index (χ2v) is 7.78. The topological polar surface area (TPSA) is 64.0 Å². The SMILES string of the molecule is Cc1ccc(-c2csc3ncn(CC(=O)NC4CCCC4)c(=O)c23)cc1. The van der Waals surface area contributed by atoms with Crippen LogP contribution in [0.2, 0.25) is 0 Å². The minimum absolute atomic E-state index is 0.0153. The van der Waals surface area contributed by atoms with Crippen molar-refractivity contribution < 1.29 is 4.79 Å². The quantitative estimate of drug-likeness (QED) is 0.768. The molecule has 1 aliphatic carbocycles. The number of thiophene rings is 1. The molecule has 1 saturated carbocycles. The van der Waals surface area contributed by atoms with E-state index in [0.29, 0.717) is 10.2 Å². The fourth-order valence-electron chi connectivity index (χ4n) is 3.52. The number of carbonyl (C=O) groups excluding carboxylic acids is 1. The van der Waals surface area contributed by atoms with Crippen molar-refractivity contribution >= 4 is 27.5 Å². The molecule has 0 saturated heterocycles. The lowest BCUT2D eigenvalue weighted by Gasteiger charge is -2.12. The van der Waals surface area contributed by atoms with Gasteiger partial charge in [0.1, 0.15) is 11.4 Å². The maximum atomic E-state index is 13.0. The van der Waals surface area contributed by atoms with Crippen LogP contribution in [0.5, 0.6) is 0 Å². The number of fused-ring (bicyclic) bond motifs is 1. The van der Waals surface area contributed by atoms with E-state index in [1.807, 2.05) is 36.6 Å². The Morgan fingerprint density at radius 2 is 2.00 bits per heavy atom. The van der Waals surface area contributed by atoms with E-state index in [0.717, 1.165) is 36.8 Å². The molecule has 1 aliphatic rings. The third-order valence-electron chi connectivity index (χ3n) is 4.96. The highest BCUT2D eigenvalue weighted by Gasteiger charge is 2.19. The molecule has 2 aromatic heterocycles. The molecular formula is C20H21N3O2S. The Morgan fingerprint density at radius 3 is 2.73 bits per heavy atom. The number of carbonyl (C=O) groups is 1. The lowest BCUT2D eigenvalue weighted by Crippen LogP contribution is -2.37. The number of amides is 1. The zero-order chi connectivity index (χ0) is 18.1. The van der Waals surface area contributed by atoms with Crippen LogP contribution in [-0.2, 0) is 11.3 Å². The monoisotopic (exact) mass is 367 g/mol. The minimum atomic E-state index is -0.159. The molecule has 1 fully saturated rings. The van der Waals surface area contributed by atoms with Crippen molar-refractivity contribution in [3.05, 3.63) is 51.9 Å². The van der Waals surface area contributed by atoms with Gasteiger partial charge in [-0.15, -0.1) is 11.3 Å². The molecular weight excluding hydrogens is 346 g/mol. The summed E-state index contributed by atoms with van der Waals surface area (Å²) in [4.78, 5) is 30.4. The molecule has 0 aliphatic heterocycles. The van der Waals surface area contributed by atoms with Crippen LogP contribution in [0.25, 0.3) is 21.3 Å². The average Bonchev–Trinajstić information content (AvgIpc) is 3.28. The number of benzene rings is 1. The summed E-state index contributed by atoms with van der Waals surface area (Å²) >= 11 is 1.46. The van der Waals surface area contributed by atoms with E-state index < -0.39 is 0 Å². The van der Waals surface area contributed by atoms with Crippen molar-refractivity contribution in [2.75, 3.05) is 0 Å². The van der Waals surface area contributed by atoms with Crippen LogP contribution in [0.15, 0.2) is 40.8 Å². The highest BCUT2D eigenvalue weighted by Crippen LogP contribution is 2.30. The lowest BCUT2D eigenvalue weighted by molar-refractivity contribution is -0.122. The van der Waals surface area contributed by atoms with Gasteiger partial charge in [-0.1, -0.05) is 42.7 Å². The van der Waals surface area contributed by atoms with Crippen LogP contribution >= 0.6 is 11.3 Å². The second-order valence-electron chi connectivity index (χ2n) is 6.92. The molecule has 6 heteroatoms. The first-order valence-corrected chi connectivity index (χ1v) is 9.83. The molecule has 134 valence electrons. The molecule has 4 rings (SSSR count). The number of aromatic nitrogens is 2. The van der Waals surface area contributed by atoms with E-state index in [2.05, 4.69) is 10.3 Å². The maximum absolute atomic E-state index is 13.0. The van der Waals surface area contributed by atoms with Crippen molar-refractivity contribution in [1.82, 2.24) is 14.9 Å². The summed E-state index contributed by atoms with van der Waals surface area (Å²) in [6, 6.07) is 8.34. The van der Waals surface area contributed by atoms with Gasteiger partial charge in [0.25, 0.3) is 5.56 Å². The number of hydrogen-bond acceptors (Lipinski definition) is 4. The highest BCUT2D eigenvalue weighted by molar-refractivity contribution is 7.17. The highest BCUT2D eigenvalue weighted by atomic mass is 32.1. The van der Waals surface area contributed by atoms with Gasteiger partial charge in [-0.2, -0.15) is 0 Å². The molecule has 26 heavy (non-hydrogen) atoms. The molecule has 1 aromatic carbocycles. The Hall–Kier alpha value is -2.47. The molecule has 0 atom stereocenters. The minimum Gasteiger partial charge on any atom is -0.352 e. The van der Waals surface area contributed by atoms with Gasteiger partial charge in [-0.25, -0.2) is 4.98 Å². The van der Waals surface area contributed by atoms with Gasteiger partial charge in [-0.05, 0) is 25.3 Å². The zero-order valence-electron chi connectivity index (χ0n) is 14.7. The molecule has 5 nitrogen and oxygen atoms in total. The van der Waals surface area contributed by atoms with Gasteiger partial charge in [0.2, 0.25) is 5.91 Å². The number of aryl methyl sites for hydroxylation is 1. The van der Waals surface area contributed by atoms with Gasteiger partial charge in [0.15, 0.2) is 0 Å². The lowest BCUT2D eigenvalue weighted by atomic mass is 10.1. The third kappa shape index (κ3) is 3.29. The number of hydrogen-bond donors (Lipinski definition) is 1. The summed E-state index contributed by atoms with van der Waals surface area (Å²) in [7, 11) is 0. The number of nitrogens with zero attached hydrogens (tertiary/aromatic N) is 2. The summed E-state index contributed by atoms with van der Waals surface area (Å²) in [5.74, 6) is -0.118. The number of rotatable bonds is 4. The Labute approximate surface area is 155 Å². The Morgan fingerprint density at radius 1 is 1.27 bits per heavy atom. The summed E-state index contributed by atoms with van der Waals surface area (Å²) in [5.41, 5.74) is 2.89. The largest absolute Gasteiger partial charge is 0.352 e. The Balaban J connectivity index is 1.65. The van der Waals surface area contributed by atoms with E-state index >= 15 is 0 Å². The second kappa shape index (κ2) is 7.03. The van der Waals surface area contributed by atoms with Gasteiger partial charge < -0.3 is 5.32 Å². The zero-order valence-corrected chi connectivity index (χ0v) is 15.5. The average molecular weight is 367 g/mol. The summed E-state index contributed by atoms with van der Waals surface area (Å²) < 4.78 is 1.41. The predicted molar refractivity (Wildman–Crippen MR) is 104 cm³/mol. The van der Waals surface area contributed by atoms with Gasteiger partial charge in [0, 0.05) is 17.0 Å². The summed E-state index contributed by atoms with van der Waals surface area (Å²) in [5, 5.41) is 5.58. The fourth-order valence-corrected chi connectivity index (χ4v) is 4.43. The molecule has 2 heterocycles. The molecule has 0 spiro atoms. The van der Waals surface area contributed by atoms with Crippen LogP contribution < -0.4 is 10.9 Å². The fraction of sp³-hybridized carbons (Fsp3) is 0.350. The van der Waals surface area contributed by atoms with E-state index in [-0.39, 0.29) is 24.1 Å². The van der Waals surface area contributed by atoms with E-state index in [4.69, 9.17) is 0 Å². The molecule has 1 N–H and O–H groups in total. The predicted octanol–water partition coefficient (Wildman–Crippen LogP) is 3.49. The normalized spacial score (nSPS) is 14.8. The molecule has 0 radical (unpaired) electrons. The molecule has 3 aromatic rings. The molecule has 0 unspecified atom stereocenters. The van der Waals surface area contributed by atoms with E-state index in [1.165, 1.54) is 27.8 Å². The first kappa shape index (κ1) is 17.0.